The minimum Gasteiger partial charge on any atom is -0.478 e. The summed E-state index contributed by atoms with van der Waals surface area (Å²) >= 11 is 5.84. The Morgan fingerprint density at radius 1 is 1.33 bits per heavy atom. The summed E-state index contributed by atoms with van der Waals surface area (Å²) in [7, 11) is 0. The van der Waals surface area contributed by atoms with Gasteiger partial charge in [-0.25, -0.2) is 0 Å². The summed E-state index contributed by atoms with van der Waals surface area (Å²) in [5, 5.41) is 10.9. The van der Waals surface area contributed by atoms with Crippen molar-refractivity contribution in [2.45, 2.75) is 37.9 Å². The number of likely N-dealkylation sites (tertiary alicyclic amines) is 1. The molecule has 114 valence electrons. The molecule has 0 bridgehead atoms. The number of rotatable bonds is 4. The largest absolute Gasteiger partial charge is 0.478 e. The van der Waals surface area contributed by atoms with Crippen molar-refractivity contribution >= 4 is 17.5 Å². The lowest BCUT2D eigenvalue weighted by Crippen LogP contribution is -2.68. The fourth-order valence-corrected chi connectivity index (χ4v) is 2.98. The maximum atomic E-state index is 12.5. The van der Waals surface area contributed by atoms with Gasteiger partial charge in [0, 0.05) is 5.02 Å². The molecule has 2 fully saturated rings. The molecule has 1 saturated carbocycles. The minimum atomic E-state index is -0.960. The van der Waals surface area contributed by atoms with E-state index in [0.717, 1.165) is 12.8 Å². The van der Waals surface area contributed by atoms with Crippen LogP contribution >= 0.6 is 11.6 Å². The third kappa shape index (κ3) is 2.87. The number of hydrogen-bond donors (Lipinski definition) is 1. The van der Waals surface area contributed by atoms with Crippen LogP contribution in [-0.4, -0.2) is 40.2 Å². The zero-order chi connectivity index (χ0) is 15.3. The van der Waals surface area contributed by atoms with Gasteiger partial charge in [-0.1, -0.05) is 11.6 Å². The van der Waals surface area contributed by atoms with E-state index in [1.807, 2.05) is 0 Å². The molecular formula is C16H20ClNO3. The molecule has 3 rings (SSSR count). The van der Waals surface area contributed by atoms with Crippen molar-refractivity contribution < 1.29 is 14.6 Å². The monoisotopic (exact) mass is 309 g/mol. The zero-order valence-electron chi connectivity index (χ0n) is 12.3. The summed E-state index contributed by atoms with van der Waals surface area (Å²) in [6, 6.07) is 6.95. The lowest BCUT2D eigenvalue weighted by Gasteiger charge is -2.49. The number of β-amino-alcohol motifs (C(OH)–C–C–N with tert-alkyl or cyclic N) is 1. The average molecular weight is 310 g/mol. The second-order valence-electron chi connectivity index (χ2n) is 6.61. The highest BCUT2D eigenvalue weighted by atomic mass is 35.5. The van der Waals surface area contributed by atoms with Crippen molar-refractivity contribution in [3.8, 4) is 5.75 Å². The first kappa shape index (κ1) is 14.7. The van der Waals surface area contributed by atoms with E-state index in [1.54, 1.807) is 43.0 Å². The summed E-state index contributed by atoms with van der Waals surface area (Å²) in [6.45, 7) is 4.34. The first-order valence-electron chi connectivity index (χ1n) is 7.26. The van der Waals surface area contributed by atoms with Crippen molar-refractivity contribution in [2.75, 3.05) is 13.1 Å². The Morgan fingerprint density at radius 2 is 1.90 bits per heavy atom. The van der Waals surface area contributed by atoms with Gasteiger partial charge in [0.05, 0.1) is 13.1 Å². The van der Waals surface area contributed by atoms with E-state index < -0.39 is 11.2 Å². The molecule has 1 aromatic carbocycles. The number of halogens is 1. The van der Waals surface area contributed by atoms with Crippen LogP contribution in [-0.2, 0) is 4.79 Å². The second kappa shape index (κ2) is 4.89. The van der Waals surface area contributed by atoms with Gasteiger partial charge in [-0.15, -0.1) is 0 Å². The van der Waals surface area contributed by atoms with Crippen LogP contribution in [0.2, 0.25) is 5.02 Å². The fraction of sp³-hybridized carbons (Fsp3) is 0.562. The molecule has 0 atom stereocenters. The normalized spacial score (nSPS) is 20.9. The Morgan fingerprint density at radius 3 is 2.43 bits per heavy atom. The number of carbonyl (C=O) groups excluding carboxylic acids is 1. The van der Waals surface area contributed by atoms with E-state index >= 15 is 0 Å². The van der Waals surface area contributed by atoms with Gasteiger partial charge in [0.15, 0.2) is 5.60 Å². The fourth-order valence-electron chi connectivity index (χ4n) is 2.86. The molecule has 1 aromatic rings. The highest BCUT2D eigenvalue weighted by Crippen LogP contribution is 2.45. The number of nitrogens with zero attached hydrogens (tertiary/aromatic N) is 1. The van der Waals surface area contributed by atoms with Crippen LogP contribution in [0.3, 0.4) is 0 Å². The minimum absolute atomic E-state index is 0.0947. The highest BCUT2D eigenvalue weighted by molar-refractivity contribution is 6.30. The predicted octanol–water partition coefficient (Wildman–Crippen LogP) is 2.48. The number of ether oxygens (including phenoxy) is 1. The summed E-state index contributed by atoms with van der Waals surface area (Å²) in [5.41, 5.74) is -1.62. The first-order valence-corrected chi connectivity index (χ1v) is 7.64. The van der Waals surface area contributed by atoms with Crippen molar-refractivity contribution in [3.05, 3.63) is 29.3 Å². The van der Waals surface area contributed by atoms with Crippen molar-refractivity contribution in [3.63, 3.8) is 0 Å². The van der Waals surface area contributed by atoms with Crippen LogP contribution in [0.5, 0.6) is 5.75 Å². The lowest BCUT2D eigenvalue weighted by atomic mass is 9.87. The van der Waals surface area contributed by atoms with Gasteiger partial charge in [0.1, 0.15) is 11.4 Å². The quantitative estimate of drug-likeness (QED) is 0.929. The maximum Gasteiger partial charge on any atom is 0.266 e. The number of benzene rings is 1. The Kier molecular flexibility index (Phi) is 3.41. The maximum absolute atomic E-state index is 12.5. The summed E-state index contributed by atoms with van der Waals surface area (Å²) in [5.74, 6) is 0.889. The van der Waals surface area contributed by atoms with Crippen LogP contribution in [0.4, 0.5) is 0 Å². The van der Waals surface area contributed by atoms with Gasteiger partial charge in [0.2, 0.25) is 0 Å². The molecule has 1 heterocycles. The topological polar surface area (TPSA) is 49.8 Å². The smallest absolute Gasteiger partial charge is 0.266 e. The number of amides is 1. The van der Waals surface area contributed by atoms with E-state index in [-0.39, 0.29) is 5.91 Å². The van der Waals surface area contributed by atoms with Gasteiger partial charge in [-0.2, -0.15) is 0 Å². The molecule has 1 saturated heterocycles. The van der Waals surface area contributed by atoms with Crippen molar-refractivity contribution in [2.24, 2.45) is 5.92 Å². The number of carbonyl (C=O) groups is 1. The molecule has 0 spiro atoms. The van der Waals surface area contributed by atoms with Gasteiger partial charge in [0.25, 0.3) is 5.91 Å². The molecule has 0 unspecified atom stereocenters. The molecule has 2 aliphatic rings. The second-order valence-corrected chi connectivity index (χ2v) is 7.04. The van der Waals surface area contributed by atoms with Crippen LogP contribution in [0.25, 0.3) is 0 Å². The van der Waals surface area contributed by atoms with Gasteiger partial charge >= 0.3 is 0 Å². The van der Waals surface area contributed by atoms with Gasteiger partial charge < -0.3 is 14.7 Å². The molecule has 5 heteroatoms. The number of hydrogen-bond acceptors (Lipinski definition) is 3. The van der Waals surface area contributed by atoms with E-state index in [0.29, 0.717) is 29.8 Å². The van der Waals surface area contributed by atoms with Crippen molar-refractivity contribution in [1.29, 1.82) is 0 Å². The molecule has 0 radical (unpaired) electrons. The molecule has 1 amide bonds. The molecule has 1 aliphatic heterocycles. The Bertz CT molecular complexity index is 545. The average Bonchev–Trinajstić information content (AvgIpc) is 3.21. The Balaban J connectivity index is 1.62. The summed E-state index contributed by atoms with van der Waals surface area (Å²) < 4.78 is 5.79. The van der Waals surface area contributed by atoms with Crippen LogP contribution in [0.15, 0.2) is 24.3 Å². The Labute approximate surface area is 129 Å². The zero-order valence-corrected chi connectivity index (χ0v) is 13.1. The van der Waals surface area contributed by atoms with E-state index in [4.69, 9.17) is 16.3 Å². The number of aliphatic hydroxyl groups is 1. The van der Waals surface area contributed by atoms with Crippen LogP contribution in [0, 0.1) is 5.92 Å². The molecule has 1 aliphatic carbocycles. The molecule has 4 nitrogen and oxygen atoms in total. The van der Waals surface area contributed by atoms with Crippen LogP contribution in [0.1, 0.15) is 26.7 Å². The third-order valence-corrected chi connectivity index (χ3v) is 4.51. The van der Waals surface area contributed by atoms with Gasteiger partial charge in [-0.3, -0.25) is 4.79 Å². The van der Waals surface area contributed by atoms with Gasteiger partial charge in [-0.05, 0) is 56.9 Å². The molecule has 21 heavy (non-hydrogen) atoms. The van der Waals surface area contributed by atoms with Crippen molar-refractivity contribution in [1.82, 2.24) is 4.90 Å². The van der Waals surface area contributed by atoms with E-state index in [9.17, 15) is 9.90 Å². The standard InChI is InChI=1S/C16H20ClNO3/c1-15(2,21-13-7-5-12(17)6-8-13)14(19)18-9-16(20,10-18)11-3-4-11/h5-8,11,20H,3-4,9-10H2,1-2H3. The Hall–Kier alpha value is -1.26. The van der Waals surface area contributed by atoms with E-state index in [2.05, 4.69) is 0 Å². The summed E-state index contributed by atoms with van der Waals surface area (Å²) in [4.78, 5) is 14.2. The van der Waals surface area contributed by atoms with Crippen LogP contribution < -0.4 is 4.74 Å². The third-order valence-electron chi connectivity index (χ3n) is 4.26. The highest BCUT2D eigenvalue weighted by Gasteiger charge is 2.55. The molecule has 1 N–H and O–H groups in total. The molecule has 0 aromatic heterocycles. The SMILES string of the molecule is CC(C)(Oc1ccc(Cl)cc1)C(=O)N1CC(O)(C2CC2)C1. The lowest BCUT2D eigenvalue weighted by molar-refractivity contribution is -0.172. The first-order chi connectivity index (χ1) is 9.80. The summed E-state index contributed by atoms with van der Waals surface area (Å²) in [6.07, 6.45) is 2.15. The van der Waals surface area contributed by atoms with E-state index in [1.165, 1.54) is 0 Å². The predicted molar refractivity (Wildman–Crippen MR) is 80.4 cm³/mol. The molecular weight excluding hydrogens is 290 g/mol.